The van der Waals surface area contributed by atoms with E-state index in [4.69, 9.17) is 0 Å². The van der Waals surface area contributed by atoms with Crippen LogP contribution in [0.2, 0.25) is 0 Å². The van der Waals surface area contributed by atoms with Crippen LogP contribution in [0.5, 0.6) is 0 Å². The number of carbonyl (C=O) groups excluding carboxylic acids is 2. The number of amides is 2. The third-order valence-corrected chi connectivity index (χ3v) is 5.30. The monoisotopic (exact) mass is 303 g/mol. The molecule has 1 aromatic carbocycles. The van der Waals surface area contributed by atoms with Gasteiger partial charge in [0.25, 0.3) is 0 Å². The van der Waals surface area contributed by atoms with Gasteiger partial charge < -0.3 is 0 Å². The minimum Gasteiger partial charge on any atom is -0.281 e. The van der Waals surface area contributed by atoms with E-state index in [0.29, 0.717) is 18.2 Å². The van der Waals surface area contributed by atoms with Crippen molar-refractivity contribution in [3.05, 3.63) is 35.9 Å². The summed E-state index contributed by atoms with van der Waals surface area (Å²) in [6.07, 6.45) is 1.73. The second-order valence-corrected chi connectivity index (χ2v) is 6.73. The van der Waals surface area contributed by atoms with Crippen LogP contribution in [-0.2, 0) is 9.59 Å². The number of benzene rings is 1. The Bertz CT molecular complexity index is 521. The highest BCUT2D eigenvalue weighted by Gasteiger charge is 2.51. The lowest BCUT2D eigenvalue weighted by molar-refractivity contribution is -0.140. The van der Waals surface area contributed by atoms with Crippen LogP contribution >= 0.6 is 12.6 Å². The van der Waals surface area contributed by atoms with Gasteiger partial charge in [0, 0.05) is 12.5 Å². The first-order valence-corrected chi connectivity index (χ1v) is 8.26. The van der Waals surface area contributed by atoms with E-state index in [1.54, 1.807) is 0 Å². The van der Waals surface area contributed by atoms with Gasteiger partial charge in [0.05, 0.1) is 11.8 Å². The Morgan fingerprint density at radius 2 is 1.71 bits per heavy atom. The van der Waals surface area contributed by atoms with E-state index in [2.05, 4.69) is 19.6 Å². The molecule has 112 valence electrons. The van der Waals surface area contributed by atoms with Crippen LogP contribution in [0.25, 0.3) is 0 Å². The smallest absolute Gasteiger partial charge is 0.233 e. The van der Waals surface area contributed by atoms with E-state index in [9.17, 15) is 9.59 Å². The van der Waals surface area contributed by atoms with Crippen molar-refractivity contribution in [3.8, 4) is 0 Å². The van der Waals surface area contributed by atoms with Crippen molar-refractivity contribution in [2.45, 2.75) is 25.7 Å². The highest BCUT2D eigenvalue weighted by molar-refractivity contribution is 7.80. The van der Waals surface area contributed by atoms with Gasteiger partial charge in [0.1, 0.15) is 0 Å². The summed E-state index contributed by atoms with van der Waals surface area (Å²) in [5.41, 5.74) is 1.14. The maximum absolute atomic E-state index is 12.5. The summed E-state index contributed by atoms with van der Waals surface area (Å²) >= 11 is 4.41. The summed E-state index contributed by atoms with van der Waals surface area (Å²) in [6.45, 7) is 2.59. The van der Waals surface area contributed by atoms with Crippen LogP contribution in [0.4, 0.5) is 0 Å². The molecule has 0 radical (unpaired) electrons. The van der Waals surface area contributed by atoms with Crippen molar-refractivity contribution >= 4 is 24.4 Å². The number of hydrogen-bond donors (Lipinski definition) is 1. The van der Waals surface area contributed by atoms with Crippen LogP contribution in [0, 0.1) is 17.8 Å². The normalized spacial score (nSPS) is 29.8. The summed E-state index contributed by atoms with van der Waals surface area (Å²) < 4.78 is 0. The molecule has 3 unspecified atom stereocenters. The molecule has 2 aliphatic rings. The Labute approximate surface area is 131 Å². The Balaban J connectivity index is 1.76. The van der Waals surface area contributed by atoms with Crippen molar-refractivity contribution in [2.24, 2.45) is 17.8 Å². The number of likely N-dealkylation sites (tertiary alicyclic amines) is 1. The van der Waals surface area contributed by atoms with Crippen LogP contribution < -0.4 is 0 Å². The predicted octanol–water partition coefficient (Wildman–Crippen LogP) is 2.73. The highest BCUT2D eigenvalue weighted by atomic mass is 32.1. The lowest BCUT2D eigenvalue weighted by Crippen LogP contribution is -2.36. The maximum Gasteiger partial charge on any atom is 0.233 e. The quantitative estimate of drug-likeness (QED) is 0.686. The predicted molar refractivity (Wildman–Crippen MR) is 85.1 cm³/mol. The SMILES string of the molecule is CC1CC2C(=O)N(CC(CS)c3ccccc3)C(=O)C2C1. The number of carbonyl (C=O) groups is 2. The Hall–Kier alpha value is -1.29. The van der Waals surface area contributed by atoms with E-state index in [-0.39, 0.29) is 29.6 Å². The molecule has 1 heterocycles. The number of rotatable bonds is 4. The molecule has 1 saturated carbocycles. The van der Waals surface area contributed by atoms with Crippen LogP contribution in [0.3, 0.4) is 0 Å². The fourth-order valence-electron chi connectivity index (χ4n) is 3.74. The molecule has 1 aromatic rings. The zero-order valence-corrected chi connectivity index (χ0v) is 13.1. The number of nitrogens with zero attached hydrogens (tertiary/aromatic N) is 1. The molecule has 0 spiro atoms. The molecular weight excluding hydrogens is 282 g/mol. The molecule has 0 aromatic heterocycles. The highest BCUT2D eigenvalue weighted by Crippen LogP contribution is 2.43. The average Bonchev–Trinajstić information content (AvgIpc) is 2.98. The van der Waals surface area contributed by atoms with E-state index >= 15 is 0 Å². The number of hydrogen-bond acceptors (Lipinski definition) is 3. The zero-order valence-electron chi connectivity index (χ0n) is 12.2. The van der Waals surface area contributed by atoms with Gasteiger partial charge in [0.15, 0.2) is 0 Å². The molecule has 3 rings (SSSR count). The van der Waals surface area contributed by atoms with E-state index in [1.165, 1.54) is 4.90 Å². The second kappa shape index (κ2) is 5.84. The molecule has 21 heavy (non-hydrogen) atoms. The largest absolute Gasteiger partial charge is 0.281 e. The summed E-state index contributed by atoms with van der Waals surface area (Å²) in [5, 5.41) is 0. The molecule has 0 bridgehead atoms. The van der Waals surface area contributed by atoms with Crippen molar-refractivity contribution in [2.75, 3.05) is 12.3 Å². The summed E-state index contributed by atoms with van der Waals surface area (Å²) in [6, 6.07) is 10.0. The fourth-order valence-corrected chi connectivity index (χ4v) is 4.07. The first-order valence-electron chi connectivity index (χ1n) is 7.62. The van der Waals surface area contributed by atoms with Gasteiger partial charge in [-0.1, -0.05) is 37.3 Å². The average molecular weight is 303 g/mol. The molecular formula is C17H21NO2S. The Kier molecular flexibility index (Phi) is 4.07. The van der Waals surface area contributed by atoms with Crippen molar-refractivity contribution in [3.63, 3.8) is 0 Å². The number of thiol groups is 1. The number of fused-ring (bicyclic) bond motifs is 1. The summed E-state index contributed by atoms with van der Waals surface area (Å²) in [4.78, 5) is 26.5. The Morgan fingerprint density at radius 3 is 2.24 bits per heavy atom. The van der Waals surface area contributed by atoms with Gasteiger partial charge in [-0.2, -0.15) is 12.6 Å². The zero-order chi connectivity index (χ0) is 15.0. The molecule has 2 fully saturated rings. The van der Waals surface area contributed by atoms with Gasteiger partial charge in [-0.05, 0) is 30.1 Å². The van der Waals surface area contributed by atoms with E-state index in [1.807, 2.05) is 30.3 Å². The van der Waals surface area contributed by atoms with Crippen LogP contribution in [-0.4, -0.2) is 29.0 Å². The lowest BCUT2D eigenvalue weighted by Gasteiger charge is -2.23. The van der Waals surface area contributed by atoms with Crippen LogP contribution in [0.1, 0.15) is 31.2 Å². The minimum absolute atomic E-state index is 0.0389. The minimum atomic E-state index is -0.0659. The molecule has 4 heteroatoms. The van der Waals surface area contributed by atoms with Crippen molar-refractivity contribution in [1.82, 2.24) is 4.90 Å². The maximum atomic E-state index is 12.5. The van der Waals surface area contributed by atoms with Gasteiger partial charge in [0.2, 0.25) is 11.8 Å². The Morgan fingerprint density at radius 1 is 1.14 bits per heavy atom. The van der Waals surface area contributed by atoms with Gasteiger partial charge >= 0.3 is 0 Å². The second-order valence-electron chi connectivity index (χ2n) is 6.37. The van der Waals surface area contributed by atoms with Crippen molar-refractivity contribution < 1.29 is 9.59 Å². The fraction of sp³-hybridized carbons (Fsp3) is 0.529. The molecule has 3 nitrogen and oxygen atoms in total. The standard InChI is InChI=1S/C17H21NO2S/c1-11-7-14-15(8-11)17(20)18(16(14)19)9-13(10-21)12-5-3-2-4-6-12/h2-6,11,13-15,21H,7-10H2,1H3. The van der Waals surface area contributed by atoms with Crippen LogP contribution in [0.15, 0.2) is 30.3 Å². The molecule has 3 atom stereocenters. The van der Waals surface area contributed by atoms with Gasteiger partial charge in [-0.25, -0.2) is 0 Å². The molecule has 1 aliphatic carbocycles. The third kappa shape index (κ3) is 2.61. The van der Waals surface area contributed by atoms with Gasteiger partial charge in [-0.3, -0.25) is 14.5 Å². The lowest BCUT2D eigenvalue weighted by atomic mass is 10.00. The van der Waals surface area contributed by atoms with E-state index < -0.39 is 0 Å². The van der Waals surface area contributed by atoms with Crippen molar-refractivity contribution in [1.29, 1.82) is 0 Å². The summed E-state index contributed by atoms with van der Waals surface area (Å²) in [7, 11) is 0. The molecule has 1 aliphatic heterocycles. The molecule has 1 saturated heterocycles. The first kappa shape index (κ1) is 14.6. The van der Waals surface area contributed by atoms with Gasteiger partial charge in [-0.15, -0.1) is 0 Å². The topological polar surface area (TPSA) is 37.4 Å². The van der Waals surface area contributed by atoms with E-state index in [0.717, 1.165) is 18.4 Å². The third-order valence-electron chi connectivity index (χ3n) is 4.86. The number of imide groups is 1. The first-order chi connectivity index (χ1) is 10.1. The molecule has 2 amide bonds. The summed E-state index contributed by atoms with van der Waals surface area (Å²) in [5.74, 6) is 1.18. The molecule has 0 N–H and O–H groups in total.